The molecule has 1 unspecified atom stereocenters. The number of rotatable bonds is 7. The van der Waals surface area contributed by atoms with Crippen LogP contribution in [0.1, 0.15) is 47.4 Å². The van der Waals surface area contributed by atoms with Crippen molar-refractivity contribution in [2.45, 2.75) is 32.9 Å². The minimum atomic E-state index is -1.29. The fraction of sp³-hybridized carbons (Fsp3) is 0.333. The van der Waals surface area contributed by atoms with Crippen molar-refractivity contribution < 1.29 is 23.5 Å². The second kappa shape index (κ2) is 7.81. The molecule has 2 aromatic heterocycles. The average molecular weight is 359 g/mol. The summed E-state index contributed by atoms with van der Waals surface area (Å²) in [7, 11) is 0. The van der Waals surface area contributed by atoms with Gasteiger partial charge in [0.05, 0.1) is 11.8 Å². The van der Waals surface area contributed by atoms with Crippen molar-refractivity contribution in [2.24, 2.45) is 11.7 Å². The second-order valence-electron chi connectivity index (χ2n) is 6.23. The summed E-state index contributed by atoms with van der Waals surface area (Å²) in [5, 5.41) is 2.57. The minimum Gasteiger partial charge on any atom is -0.466 e. The summed E-state index contributed by atoms with van der Waals surface area (Å²) in [6, 6.07) is 6.26. The van der Waals surface area contributed by atoms with Crippen LogP contribution >= 0.6 is 0 Å². The van der Waals surface area contributed by atoms with Gasteiger partial charge in [0, 0.05) is 6.20 Å². The third-order valence-electron chi connectivity index (χ3n) is 4.21. The summed E-state index contributed by atoms with van der Waals surface area (Å²) in [6.45, 7) is 4.95. The van der Waals surface area contributed by atoms with Gasteiger partial charge in [-0.1, -0.05) is 13.8 Å². The van der Waals surface area contributed by atoms with E-state index in [4.69, 9.17) is 14.9 Å². The van der Waals surface area contributed by atoms with E-state index in [0.29, 0.717) is 5.76 Å². The fourth-order valence-corrected chi connectivity index (χ4v) is 2.15. The van der Waals surface area contributed by atoms with Gasteiger partial charge >= 0.3 is 5.97 Å². The molecule has 0 aliphatic heterocycles. The summed E-state index contributed by atoms with van der Waals surface area (Å²) in [6.07, 6.45) is 2.83. The number of carbonyl (C=O) groups is 3. The van der Waals surface area contributed by atoms with E-state index >= 15 is 0 Å². The molecule has 26 heavy (non-hydrogen) atoms. The summed E-state index contributed by atoms with van der Waals surface area (Å²) in [5.41, 5.74) is 3.96. The van der Waals surface area contributed by atoms with Crippen LogP contribution in [-0.2, 0) is 16.1 Å². The maximum absolute atomic E-state index is 12.6. The third kappa shape index (κ3) is 4.08. The average Bonchev–Trinajstić information content (AvgIpc) is 3.12. The Bertz CT molecular complexity index is 801. The zero-order chi connectivity index (χ0) is 19.3. The number of nitrogens with two attached hydrogens (primary N) is 1. The molecule has 0 aliphatic carbocycles. The maximum atomic E-state index is 12.6. The lowest BCUT2D eigenvalue weighted by molar-refractivity contribution is -0.125. The molecule has 138 valence electrons. The Labute approximate surface area is 150 Å². The lowest BCUT2D eigenvalue weighted by Gasteiger charge is -2.31. The predicted molar refractivity (Wildman–Crippen MR) is 92.0 cm³/mol. The summed E-state index contributed by atoms with van der Waals surface area (Å²) >= 11 is 0. The van der Waals surface area contributed by atoms with Crippen LogP contribution in [0.5, 0.6) is 0 Å². The van der Waals surface area contributed by atoms with Crippen molar-refractivity contribution in [3.8, 4) is 0 Å². The molecule has 2 rings (SSSR count). The predicted octanol–water partition coefficient (Wildman–Crippen LogP) is 1.66. The molecule has 1 atom stereocenters. The van der Waals surface area contributed by atoms with Gasteiger partial charge in [-0.3, -0.25) is 14.6 Å². The lowest BCUT2D eigenvalue weighted by atomic mass is 9.87. The van der Waals surface area contributed by atoms with Crippen LogP contribution in [0.3, 0.4) is 0 Å². The number of hydrogen-bond donors (Lipinski definition) is 2. The monoisotopic (exact) mass is 359 g/mol. The van der Waals surface area contributed by atoms with E-state index in [-0.39, 0.29) is 23.8 Å². The smallest absolute Gasteiger partial charge is 0.340 e. The topological polar surface area (TPSA) is 125 Å². The number of ether oxygens (including phenoxy) is 1. The SMILES string of the molecule is CC(C)C(C)(NC(=O)c1ncccc1C(=O)OCc1ccco1)C(N)=O. The van der Waals surface area contributed by atoms with Crippen molar-refractivity contribution in [2.75, 3.05) is 0 Å². The number of furan rings is 1. The second-order valence-corrected chi connectivity index (χ2v) is 6.23. The molecule has 0 bridgehead atoms. The van der Waals surface area contributed by atoms with Crippen molar-refractivity contribution in [1.29, 1.82) is 0 Å². The van der Waals surface area contributed by atoms with Crippen LogP contribution in [0, 0.1) is 5.92 Å². The summed E-state index contributed by atoms with van der Waals surface area (Å²) < 4.78 is 10.2. The quantitative estimate of drug-likeness (QED) is 0.724. The van der Waals surface area contributed by atoms with Gasteiger partial charge in [0.2, 0.25) is 5.91 Å². The van der Waals surface area contributed by atoms with Gasteiger partial charge in [-0.25, -0.2) is 4.79 Å². The first kappa shape index (κ1) is 19.2. The zero-order valence-corrected chi connectivity index (χ0v) is 14.8. The van der Waals surface area contributed by atoms with Crippen LogP contribution < -0.4 is 11.1 Å². The standard InChI is InChI=1S/C18H21N3O5/c1-11(2)18(3,17(19)24)21-15(22)14-13(7-4-8-20-14)16(23)26-10-12-6-5-9-25-12/h4-9,11H,10H2,1-3H3,(H2,19,24)(H,21,22). The molecule has 2 amide bonds. The molecule has 0 spiro atoms. The molecular weight excluding hydrogens is 338 g/mol. The summed E-state index contributed by atoms with van der Waals surface area (Å²) in [5.74, 6) is -1.90. The van der Waals surface area contributed by atoms with Crippen molar-refractivity contribution >= 4 is 17.8 Å². The number of nitrogens with zero attached hydrogens (tertiary/aromatic N) is 1. The third-order valence-corrected chi connectivity index (χ3v) is 4.21. The van der Waals surface area contributed by atoms with E-state index < -0.39 is 23.3 Å². The molecule has 8 nitrogen and oxygen atoms in total. The molecule has 3 N–H and O–H groups in total. The first-order valence-electron chi connectivity index (χ1n) is 8.02. The number of pyridine rings is 1. The van der Waals surface area contributed by atoms with E-state index in [1.54, 1.807) is 26.0 Å². The van der Waals surface area contributed by atoms with Crippen LogP contribution in [0.4, 0.5) is 0 Å². The number of esters is 1. The first-order valence-corrected chi connectivity index (χ1v) is 8.02. The van der Waals surface area contributed by atoms with E-state index in [9.17, 15) is 14.4 Å². The Morgan fingerprint density at radius 3 is 2.62 bits per heavy atom. The van der Waals surface area contributed by atoms with Gasteiger partial charge in [0.1, 0.15) is 23.6 Å². The number of primary amides is 1. The van der Waals surface area contributed by atoms with E-state index in [2.05, 4.69) is 10.3 Å². The Kier molecular flexibility index (Phi) is 5.76. The molecule has 8 heteroatoms. The van der Waals surface area contributed by atoms with E-state index in [1.807, 2.05) is 0 Å². The highest BCUT2D eigenvalue weighted by Gasteiger charge is 2.37. The number of hydrogen-bond acceptors (Lipinski definition) is 6. The van der Waals surface area contributed by atoms with Crippen LogP contribution in [0.25, 0.3) is 0 Å². The highest BCUT2D eigenvalue weighted by Crippen LogP contribution is 2.18. The van der Waals surface area contributed by atoms with Crippen molar-refractivity contribution in [3.63, 3.8) is 0 Å². The summed E-state index contributed by atoms with van der Waals surface area (Å²) in [4.78, 5) is 40.7. The molecule has 0 fully saturated rings. The number of carbonyl (C=O) groups excluding carboxylic acids is 3. The molecule has 0 radical (unpaired) electrons. The first-order chi connectivity index (χ1) is 12.3. The van der Waals surface area contributed by atoms with Crippen LogP contribution in [-0.4, -0.2) is 28.3 Å². The van der Waals surface area contributed by atoms with Gasteiger partial charge in [-0.15, -0.1) is 0 Å². The van der Waals surface area contributed by atoms with Crippen LogP contribution in [0.15, 0.2) is 41.1 Å². The molecule has 0 saturated carbocycles. The molecule has 0 saturated heterocycles. The largest absolute Gasteiger partial charge is 0.466 e. The van der Waals surface area contributed by atoms with Gasteiger partial charge in [-0.05, 0) is 37.1 Å². The van der Waals surface area contributed by atoms with Gasteiger partial charge < -0.3 is 20.2 Å². The Hall–Kier alpha value is -3.16. The molecule has 2 heterocycles. The molecule has 0 aromatic carbocycles. The van der Waals surface area contributed by atoms with E-state index in [1.165, 1.54) is 31.5 Å². The maximum Gasteiger partial charge on any atom is 0.340 e. The van der Waals surface area contributed by atoms with Gasteiger partial charge in [-0.2, -0.15) is 0 Å². The van der Waals surface area contributed by atoms with Crippen LogP contribution in [0.2, 0.25) is 0 Å². The van der Waals surface area contributed by atoms with Crippen molar-refractivity contribution in [1.82, 2.24) is 10.3 Å². The number of nitrogens with one attached hydrogen (secondary N) is 1. The van der Waals surface area contributed by atoms with Crippen molar-refractivity contribution in [3.05, 3.63) is 53.7 Å². The molecule has 0 aliphatic rings. The minimum absolute atomic E-state index is 0.0212. The highest BCUT2D eigenvalue weighted by molar-refractivity contribution is 6.05. The Morgan fingerprint density at radius 2 is 2.04 bits per heavy atom. The van der Waals surface area contributed by atoms with E-state index in [0.717, 1.165) is 0 Å². The normalized spacial score (nSPS) is 13.1. The number of aromatic nitrogens is 1. The lowest BCUT2D eigenvalue weighted by Crippen LogP contribution is -2.58. The number of amides is 2. The Balaban J connectivity index is 2.20. The highest BCUT2D eigenvalue weighted by atomic mass is 16.5. The molecule has 2 aromatic rings. The fourth-order valence-electron chi connectivity index (χ4n) is 2.15. The van der Waals surface area contributed by atoms with Gasteiger partial charge in [0.25, 0.3) is 5.91 Å². The Morgan fingerprint density at radius 1 is 1.31 bits per heavy atom. The zero-order valence-electron chi connectivity index (χ0n) is 14.8. The molecular formula is C18H21N3O5. The van der Waals surface area contributed by atoms with Gasteiger partial charge in [0.15, 0.2) is 0 Å².